The summed E-state index contributed by atoms with van der Waals surface area (Å²) in [7, 11) is 0. The van der Waals surface area contributed by atoms with Crippen LogP contribution in [-0.4, -0.2) is 34.3 Å². The number of aliphatic carboxylic acids is 1. The molecule has 0 fully saturated rings. The van der Waals surface area contributed by atoms with Gasteiger partial charge in [0.1, 0.15) is 0 Å². The van der Waals surface area contributed by atoms with Crippen molar-refractivity contribution in [1.82, 2.24) is 4.90 Å². The van der Waals surface area contributed by atoms with Gasteiger partial charge in [-0.2, -0.15) is 0 Å². The maximum Gasteiger partial charge on any atom is 0.303 e. The van der Waals surface area contributed by atoms with Gasteiger partial charge in [0.2, 0.25) is 5.91 Å². The second-order valence-electron chi connectivity index (χ2n) is 6.33. The molecule has 2 aromatic carbocycles. The molecule has 6 nitrogen and oxygen atoms in total. The first kappa shape index (κ1) is 18.4. The number of carboxylic acids is 1. The Balaban J connectivity index is 1.55. The van der Waals surface area contributed by atoms with Crippen LogP contribution in [0, 0.1) is 0 Å². The molecule has 2 aromatic rings. The molecular weight excluding hydrogens is 344 g/mol. The van der Waals surface area contributed by atoms with Crippen molar-refractivity contribution >= 4 is 23.5 Å². The highest BCUT2D eigenvalue weighted by Crippen LogP contribution is 2.20. The van der Waals surface area contributed by atoms with Crippen LogP contribution in [-0.2, 0) is 16.1 Å². The van der Waals surface area contributed by atoms with Crippen LogP contribution in [0.2, 0.25) is 0 Å². The number of hydrogen-bond donors (Lipinski definition) is 2. The number of carbonyl (C=O) groups is 3. The Morgan fingerprint density at radius 3 is 2.41 bits per heavy atom. The minimum Gasteiger partial charge on any atom is -0.481 e. The SMILES string of the molecule is O=C(O)CCC1=CCN(Cc2ccc(NC(=O)c3ccccc3)cc2)C1=O. The largest absolute Gasteiger partial charge is 0.481 e. The number of nitrogens with one attached hydrogen (secondary N) is 1. The summed E-state index contributed by atoms with van der Waals surface area (Å²) in [6.07, 6.45) is 2.01. The predicted molar refractivity (Wildman–Crippen MR) is 101 cm³/mol. The van der Waals surface area contributed by atoms with Crippen LogP contribution < -0.4 is 5.32 Å². The molecule has 0 spiro atoms. The highest BCUT2D eigenvalue weighted by atomic mass is 16.4. The lowest BCUT2D eigenvalue weighted by molar-refractivity contribution is -0.136. The number of hydrogen-bond acceptors (Lipinski definition) is 3. The number of carboxylic acid groups (broad SMARTS) is 1. The van der Waals surface area contributed by atoms with E-state index in [9.17, 15) is 14.4 Å². The molecule has 6 heteroatoms. The summed E-state index contributed by atoms with van der Waals surface area (Å²) in [6.45, 7) is 0.930. The summed E-state index contributed by atoms with van der Waals surface area (Å²) in [5.41, 5.74) is 2.77. The van der Waals surface area contributed by atoms with Crippen molar-refractivity contribution < 1.29 is 19.5 Å². The number of benzene rings is 2. The van der Waals surface area contributed by atoms with Crippen molar-refractivity contribution in [2.75, 3.05) is 11.9 Å². The van der Waals surface area contributed by atoms with Crippen molar-refractivity contribution in [2.45, 2.75) is 19.4 Å². The molecule has 1 aliphatic heterocycles. The van der Waals surface area contributed by atoms with Gasteiger partial charge in [0.25, 0.3) is 5.91 Å². The minimum atomic E-state index is -0.907. The first-order chi connectivity index (χ1) is 13.0. The van der Waals surface area contributed by atoms with Crippen molar-refractivity contribution in [3.63, 3.8) is 0 Å². The Kier molecular flexibility index (Phi) is 5.66. The van der Waals surface area contributed by atoms with Crippen molar-refractivity contribution in [1.29, 1.82) is 0 Å². The molecule has 0 atom stereocenters. The zero-order chi connectivity index (χ0) is 19.2. The van der Waals surface area contributed by atoms with Gasteiger partial charge in [-0.05, 0) is 36.2 Å². The van der Waals surface area contributed by atoms with E-state index in [1.807, 2.05) is 30.3 Å². The van der Waals surface area contributed by atoms with Gasteiger partial charge in [-0.25, -0.2) is 0 Å². The number of rotatable bonds is 7. The van der Waals surface area contributed by atoms with Crippen LogP contribution in [0.3, 0.4) is 0 Å². The van der Waals surface area contributed by atoms with E-state index in [0.717, 1.165) is 5.56 Å². The molecular formula is C21H20N2O4. The molecule has 0 saturated carbocycles. The molecule has 0 aromatic heterocycles. The molecule has 0 radical (unpaired) electrons. The topological polar surface area (TPSA) is 86.7 Å². The molecule has 138 valence electrons. The number of carbonyl (C=O) groups excluding carboxylic acids is 2. The lowest BCUT2D eigenvalue weighted by atomic mass is 10.1. The summed E-state index contributed by atoms with van der Waals surface area (Å²) in [5.74, 6) is -1.20. The monoisotopic (exact) mass is 364 g/mol. The molecule has 3 rings (SSSR count). The van der Waals surface area contributed by atoms with Crippen molar-refractivity contribution in [3.05, 3.63) is 77.4 Å². The highest BCUT2D eigenvalue weighted by Gasteiger charge is 2.23. The second-order valence-corrected chi connectivity index (χ2v) is 6.33. The van der Waals surface area contributed by atoms with Gasteiger partial charge in [0.05, 0.1) is 0 Å². The van der Waals surface area contributed by atoms with Crippen molar-refractivity contribution in [2.24, 2.45) is 0 Å². The van der Waals surface area contributed by atoms with Gasteiger partial charge in [-0.15, -0.1) is 0 Å². The molecule has 0 unspecified atom stereocenters. The minimum absolute atomic E-state index is 0.0405. The fourth-order valence-electron chi connectivity index (χ4n) is 2.89. The molecule has 1 heterocycles. The zero-order valence-corrected chi connectivity index (χ0v) is 14.7. The van der Waals surface area contributed by atoms with Crippen LogP contribution in [0.5, 0.6) is 0 Å². The Labute approximate surface area is 157 Å². The Morgan fingerprint density at radius 2 is 1.74 bits per heavy atom. The summed E-state index contributed by atoms with van der Waals surface area (Å²) < 4.78 is 0. The van der Waals surface area contributed by atoms with E-state index >= 15 is 0 Å². The van der Waals surface area contributed by atoms with Gasteiger partial charge < -0.3 is 15.3 Å². The summed E-state index contributed by atoms with van der Waals surface area (Å²) in [6, 6.07) is 16.3. The standard InChI is InChI=1S/C21H20N2O4/c24-19(25)11-8-17-12-13-23(21(17)27)14-15-6-9-18(10-7-15)22-20(26)16-4-2-1-3-5-16/h1-7,9-10,12H,8,11,13-14H2,(H,22,26)(H,24,25). The van der Waals surface area contributed by atoms with Gasteiger partial charge >= 0.3 is 5.97 Å². The second kappa shape index (κ2) is 8.31. The summed E-state index contributed by atoms with van der Waals surface area (Å²) in [4.78, 5) is 36.8. The highest BCUT2D eigenvalue weighted by molar-refractivity contribution is 6.04. The van der Waals surface area contributed by atoms with Crippen LogP contribution in [0.15, 0.2) is 66.2 Å². The van der Waals surface area contributed by atoms with E-state index in [2.05, 4.69) is 5.32 Å². The number of nitrogens with zero attached hydrogens (tertiary/aromatic N) is 1. The Bertz CT molecular complexity index is 873. The van der Waals surface area contributed by atoms with E-state index in [1.54, 1.807) is 35.2 Å². The molecule has 1 aliphatic rings. The lowest BCUT2D eigenvalue weighted by Crippen LogP contribution is -2.26. The maximum atomic E-state index is 12.3. The van der Waals surface area contributed by atoms with Gasteiger partial charge in [0, 0.05) is 36.3 Å². The average Bonchev–Trinajstić information content (AvgIpc) is 3.02. The smallest absolute Gasteiger partial charge is 0.303 e. The van der Waals surface area contributed by atoms with E-state index in [4.69, 9.17) is 5.11 Å². The first-order valence-electron chi connectivity index (χ1n) is 8.68. The first-order valence-corrected chi connectivity index (χ1v) is 8.68. The fourth-order valence-corrected chi connectivity index (χ4v) is 2.89. The molecule has 0 saturated heterocycles. The van der Waals surface area contributed by atoms with E-state index < -0.39 is 5.97 Å². The van der Waals surface area contributed by atoms with Gasteiger partial charge in [-0.3, -0.25) is 14.4 Å². The van der Waals surface area contributed by atoms with E-state index in [1.165, 1.54) is 0 Å². The quantitative estimate of drug-likeness (QED) is 0.790. The van der Waals surface area contributed by atoms with Crippen LogP contribution >= 0.6 is 0 Å². The Hall–Kier alpha value is -3.41. The van der Waals surface area contributed by atoms with Crippen LogP contribution in [0.25, 0.3) is 0 Å². The third-order valence-electron chi connectivity index (χ3n) is 4.35. The Morgan fingerprint density at radius 1 is 1.04 bits per heavy atom. The third kappa shape index (κ3) is 4.82. The summed E-state index contributed by atoms with van der Waals surface area (Å²) >= 11 is 0. The van der Waals surface area contributed by atoms with Gasteiger partial charge in [0.15, 0.2) is 0 Å². The zero-order valence-electron chi connectivity index (χ0n) is 14.7. The number of amides is 2. The molecule has 27 heavy (non-hydrogen) atoms. The predicted octanol–water partition coefficient (Wildman–Crippen LogP) is 3.07. The van der Waals surface area contributed by atoms with E-state index in [-0.39, 0.29) is 24.7 Å². The van der Waals surface area contributed by atoms with Crippen molar-refractivity contribution in [3.8, 4) is 0 Å². The molecule has 2 N–H and O–H groups in total. The van der Waals surface area contributed by atoms with Crippen LogP contribution in [0.4, 0.5) is 5.69 Å². The average molecular weight is 364 g/mol. The lowest BCUT2D eigenvalue weighted by Gasteiger charge is -2.17. The molecule has 2 amide bonds. The van der Waals surface area contributed by atoms with E-state index in [0.29, 0.717) is 29.9 Å². The molecule has 0 aliphatic carbocycles. The van der Waals surface area contributed by atoms with Gasteiger partial charge in [-0.1, -0.05) is 36.4 Å². The normalized spacial score (nSPS) is 13.4. The molecule has 0 bridgehead atoms. The third-order valence-corrected chi connectivity index (χ3v) is 4.35. The number of anilines is 1. The van der Waals surface area contributed by atoms with Crippen LogP contribution in [0.1, 0.15) is 28.8 Å². The summed E-state index contributed by atoms with van der Waals surface area (Å²) in [5, 5.41) is 11.6. The maximum absolute atomic E-state index is 12.3. The fraction of sp³-hybridized carbons (Fsp3) is 0.190.